The molecular weight excluding hydrogens is 270 g/mol. The average Bonchev–Trinajstić information content (AvgIpc) is 3.04. The maximum Gasteiger partial charge on any atom is 0.185 e. The molecule has 0 amide bonds. The molecule has 2 rings (SSSR count). The summed E-state index contributed by atoms with van der Waals surface area (Å²) < 4.78 is 0. The van der Waals surface area contributed by atoms with Crippen molar-refractivity contribution in [1.82, 2.24) is 9.88 Å². The van der Waals surface area contributed by atoms with Gasteiger partial charge in [-0.05, 0) is 31.8 Å². The van der Waals surface area contributed by atoms with Crippen LogP contribution in [0, 0.1) is 0 Å². The maximum absolute atomic E-state index is 9.47. The number of likely N-dealkylation sites (N-methyl/N-ethyl adjacent to an activating group) is 2. The Morgan fingerprint density at radius 3 is 2.80 bits per heavy atom. The number of thiazole rings is 1. The third-order valence-corrected chi connectivity index (χ3v) is 5.29. The van der Waals surface area contributed by atoms with Gasteiger partial charge in [0.1, 0.15) is 0 Å². The highest BCUT2D eigenvalue weighted by molar-refractivity contribution is 7.15. The molecule has 114 valence electrons. The molecule has 1 N–H and O–H groups in total. The summed E-state index contributed by atoms with van der Waals surface area (Å²) in [6.07, 6.45) is 2.59. The smallest absolute Gasteiger partial charge is 0.185 e. The number of rotatable bonds is 6. The van der Waals surface area contributed by atoms with Gasteiger partial charge >= 0.3 is 0 Å². The predicted molar refractivity (Wildman–Crippen MR) is 85.7 cm³/mol. The molecule has 1 aliphatic heterocycles. The van der Waals surface area contributed by atoms with E-state index in [0.717, 1.165) is 28.8 Å². The van der Waals surface area contributed by atoms with Crippen molar-refractivity contribution in [3.8, 4) is 0 Å². The molecule has 5 heteroatoms. The zero-order valence-electron chi connectivity index (χ0n) is 13.1. The van der Waals surface area contributed by atoms with Crippen molar-refractivity contribution >= 4 is 16.5 Å². The van der Waals surface area contributed by atoms with Gasteiger partial charge < -0.3 is 10.0 Å². The fourth-order valence-electron chi connectivity index (χ4n) is 2.99. The fraction of sp³-hybridized carbons (Fsp3) is 0.800. The largest absolute Gasteiger partial charge is 0.391 e. The predicted octanol–water partition coefficient (Wildman–Crippen LogP) is 2.68. The van der Waals surface area contributed by atoms with Gasteiger partial charge in [-0.25, -0.2) is 4.98 Å². The first-order valence-electron chi connectivity index (χ1n) is 7.62. The van der Waals surface area contributed by atoms with E-state index in [-0.39, 0.29) is 6.61 Å². The van der Waals surface area contributed by atoms with E-state index in [1.165, 1.54) is 19.4 Å². The molecule has 20 heavy (non-hydrogen) atoms. The van der Waals surface area contributed by atoms with Crippen molar-refractivity contribution in [2.24, 2.45) is 0 Å². The van der Waals surface area contributed by atoms with E-state index in [4.69, 9.17) is 4.98 Å². The van der Waals surface area contributed by atoms with Gasteiger partial charge in [0.15, 0.2) is 5.13 Å². The van der Waals surface area contributed by atoms with Gasteiger partial charge in [-0.15, -0.1) is 0 Å². The number of aromatic nitrogens is 1. The van der Waals surface area contributed by atoms with Gasteiger partial charge in [0.2, 0.25) is 0 Å². The van der Waals surface area contributed by atoms with E-state index in [0.29, 0.717) is 12.0 Å². The third-order valence-electron chi connectivity index (χ3n) is 4.12. The van der Waals surface area contributed by atoms with Crippen molar-refractivity contribution in [2.45, 2.75) is 52.2 Å². The zero-order valence-corrected chi connectivity index (χ0v) is 13.9. The lowest BCUT2D eigenvalue weighted by atomic mass is 10.1. The Bertz CT molecular complexity index is 433. The van der Waals surface area contributed by atoms with Crippen LogP contribution in [0.25, 0.3) is 0 Å². The zero-order chi connectivity index (χ0) is 14.7. The maximum atomic E-state index is 9.47. The Morgan fingerprint density at radius 2 is 2.25 bits per heavy atom. The van der Waals surface area contributed by atoms with E-state index in [9.17, 15) is 5.11 Å². The number of nitrogens with zero attached hydrogens (tertiary/aromatic N) is 3. The normalized spacial score (nSPS) is 20.0. The van der Waals surface area contributed by atoms with Crippen molar-refractivity contribution in [1.29, 1.82) is 0 Å². The van der Waals surface area contributed by atoms with Crippen molar-refractivity contribution < 1.29 is 5.11 Å². The second kappa shape index (κ2) is 6.87. The van der Waals surface area contributed by atoms with E-state index in [1.54, 1.807) is 11.3 Å². The topological polar surface area (TPSA) is 39.6 Å². The summed E-state index contributed by atoms with van der Waals surface area (Å²) in [5.41, 5.74) is 1.05. The molecule has 1 aromatic heterocycles. The van der Waals surface area contributed by atoms with E-state index < -0.39 is 0 Å². The summed E-state index contributed by atoms with van der Waals surface area (Å²) in [4.78, 5) is 10.6. The number of anilines is 1. The quantitative estimate of drug-likeness (QED) is 0.876. The van der Waals surface area contributed by atoms with Crippen LogP contribution in [0.15, 0.2) is 0 Å². The minimum absolute atomic E-state index is 0.101. The lowest BCUT2D eigenvalue weighted by Gasteiger charge is -2.27. The highest BCUT2D eigenvalue weighted by Gasteiger charge is 2.25. The molecule has 4 nitrogen and oxygen atoms in total. The summed E-state index contributed by atoms with van der Waals surface area (Å²) in [5.74, 6) is 0.370. The first-order chi connectivity index (χ1) is 9.56. The molecule has 1 aliphatic rings. The van der Waals surface area contributed by atoms with Crippen molar-refractivity contribution in [2.75, 3.05) is 31.6 Å². The number of hydrogen-bond acceptors (Lipinski definition) is 5. The Kier molecular flexibility index (Phi) is 5.41. The standard InChI is InChI=1S/C15H27N3OS/c1-5-18-8-6-7-12(18)9-17(4)15-16-14(11(2)3)13(10-19)20-15/h11-12,19H,5-10H2,1-4H3. The Balaban J connectivity index is 2.07. The fourth-order valence-corrected chi connectivity index (χ4v) is 4.04. The Labute approximate surface area is 126 Å². The van der Waals surface area contributed by atoms with E-state index >= 15 is 0 Å². The molecule has 0 radical (unpaired) electrons. The van der Waals surface area contributed by atoms with Gasteiger partial charge in [-0.1, -0.05) is 32.1 Å². The highest BCUT2D eigenvalue weighted by atomic mass is 32.1. The molecular formula is C15H27N3OS. The van der Waals surface area contributed by atoms with Crippen LogP contribution in [0.5, 0.6) is 0 Å². The third kappa shape index (κ3) is 3.32. The highest BCUT2D eigenvalue weighted by Crippen LogP contribution is 2.31. The van der Waals surface area contributed by atoms with Gasteiger partial charge in [-0.3, -0.25) is 4.90 Å². The summed E-state index contributed by atoms with van der Waals surface area (Å²) in [6, 6.07) is 0.647. The summed E-state index contributed by atoms with van der Waals surface area (Å²) in [6.45, 7) is 10.00. The number of hydrogen-bond donors (Lipinski definition) is 1. The first-order valence-corrected chi connectivity index (χ1v) is 8.44. The van der Waals surface area contributed by atoms with Crippen LogP contribution in [-0.4, -0.2) is 47.7 Å². The number of aliphatic hydroxyl groups excluding tert-OH is 1. The molecule has 1 aromatic rings. The van der Waals surface area contributed by atoms with Crippen molar-refractivity contribution in [3.05, 3.63) is 10.6 Å². The molecule has 0 aromatic carbocycles. The molecule has 1 unspecified atom stereocenters. The molecule has 0 bridgehead atoms. The van der Waals surface area contributed by atoms with E-state index in [1.807, 2.05) is 0 Å². The van der Waals surface area contributed by atoms with Crippen LogP contribution in [0.3, 0.4) is 0 Å². The summed E-state index contributed by atoms with van der Waals surface area (Å²) in [7, 11) is 2.12. The van der Waals surface area contributed by atoms with Gasteiger partial charge in [0.05, 0.1) is 17.2 Å². The Hall–Kier alpha value is -0.650. The molecule has 2 heterocycles. The summed E-state index contributed by atoms with van der Waals surface area (Å²) >= 11 is 1.63. The van der Waals surface area contributed by atoms with Crippen LogP contribution >= 0.6 is 11.3 Å². The molecule has 0 spiro atoms. The lowest BCUT2D eigenvalue weighted by molar-refractivity contribution is 0.270. The minimum Gasteiger partial charge on any atom is -0.391 e. The number of aliphatic hydroxyl groups is 1. The Morgan fingerprint density at radius 1 is 1.50 bits per heavy atom. The molecule has 0 aliphatic carbocycles. The van der Waals surface area contributed by atoms with Gasteiger partial charge in [0.25, 0.3) is 0 Å². The second-order valence-electron chi connectivity index (χ2n) is 5.92. The monoisotopic (exact) mass is 297 g/mol. The van der Waals surface area contributed by atoms with Crippen LogP contribution < -0.4 is 4.90 Å². The number of likely N-dealkylation sites (tertiary alicyclic amines) is 1. The van der Waals surface area contributed by atoms with Gasteiger partial charge in [-0.2, -0.15) is 0 Å². The average molecular weight is 297 g/mol. The van der Waals surface area contributed by atoms with Crippen LogP contribution in [0.1, 0.15) is 50.1 Å². The summed E-state index contributed by atoms with van der Waals surface area (Å²) in [5, 5.41) is 10.5. The van der Waals surface area contributed by atoms with Gasteiger partial charge in [0, 0.05) is 19.6 Å². The molecule has 1 saturated heterocycles. The minimum atomic E-state index is 0.101. The van der Waals surface area contributed by atoms with Crippen molar-refractivity contribution in [3.63, 3.8) is 0 Å². The molecule has 1 atom stereocenters. The van der Waals surface area contributed by atoms with Crippen LogP contribution in [0.4, 0.5) is 5.13 Å². The molecule has 1 fully saturated rings. The van der Waals surface area contributed by atoms with Crippen LogP contribution in [0.2, 0.25) is 0 Å². The second-order valence-corrected chi connectivity index (χ2v) is 6.98. The molecule has 0 saturated carbocycles. The van der Waals surface area contributed by atoms with Crippen LogP contribution in [-0.2, 0) is 6.61 Å². The first kappa shape index (κ1) is 15.7. The lowest BCUT2D eigenvalue weighted by Crippen LogP contribution is -2.38. The SMILES string of the molecule is CCN1CCCC1CN(C)c1nc(C(C)C)c(CO)s1. The van der Waals surface area contributed by atoms with E-state index in [2.05, 4.69) is 37.6 Å².